The Kier molecular flexibility index (Phi) is 3.72. The van der Waals surface area contributed by atoms with Gasteiger partial charge in [-0.15, -0.1) is 11.3 Å². The van der Waals surface area contributed by atoms with Crippen LogP contribution in [0.15, 0.2) is 41.9 Å². The molecule has 0 amide bonds. The van der Waals surface area contributed by atoms with Crippen LogP contribution in [0.4, 0.5) is 0 Å². The summed E-state index contributed by atoms with van der Waals surface area (Å²) in [6, 6.07) is 10.8. The molecule has 1 aromatic heterocycles. The van der Waals surface area contributed by atoms with Crippen LogP contribution in [-0.4, -0.2) is 18.1 Å². The maximum atomic E-state index is 4.57. The zero-order valence-corrected chi connectivity index (χ0v) is 11.2. The lowest BCUT2D eigenvalue weighted by atomic mass is 9.81. The van der Waals surface area contributed by atoms with Crippen LogP contribution >= 0.6 is 11.3 Å². The van der Waals surface area contributed by atoms with Gasteiger partial charge >= 0.3 is 0 Å². The molecule has 18 heavy (non-hydrogen) atoms. The third kappa shape index (κ3) is 2.47. The third-order valence-electron chi connectivity index (χ3n) is 3.73. The molecule has 0 bridgehead atoms. The fourth-order valence-electron chi connectivity index (χ4n) is 2.84. The van der Waals surface area contributed by atoms with Crippen LogP contribution in [0.2, 0.25) is 0 Å². The quantitative estimate of drug-likeness (QED) is 0.914. The van der Waals surface area contributed by atoms with E-state index >= 15 is 0 Å². The first kappa shape index (κ1) is 11.9. The van der Waals surface area contributed by atoms with Gasteiger partial charge in [-0.05, 0) is 37.4 Å². The molecule has 2 aromatic rings. The molecule has 0 aliphatic carbocycles. The summed E-state index contributed by atoms with van der Waals surface area (Å²) in [6.45, 7) is 2.28. The number of benzene rings is 1. The minimum absolute atomic E-state index is 0.480. The highest BCUT2D eigenvalue weighted by Gasteiger charge is 2.27. The summed E-state index contributed by atoms with van der Waals surface area (Å²) >= 11 is 1.79. The molecule has 1 N–H and O–H groups in total. The molecule has 3 rings (SSSR count). The van der Waals surface area contributed by atoms with Crippen molar-refractivity contribution in [2.75, 3.05) is 13.1 Å². The Morgan fingerprint density at radius 1 is 1.17 bits per heavy atom. The van der Waals surface area contributed by atoms with Gasteiger partial charge < -0.3 is 5.32 Å². The standard InChI is InChI=1S/C15H18N2S/c1-2-4-12(5-3-1)14(15-17-10-11-18-15)13-6-8-16-9-7-13/h1-5,10-11,13-14,16H,6-9H2. The van der Waals surface area contributed by atoms with Crippen molar-refractivity contribution in [3.63, 3.8) is 0 Å². The Morgan fingerprint density at radius 2 is 1.94 bits per heavy atom. The van der Waals surface area contributed by atoms with Crippen LogP contribution in [0.25, 0.3) is 0 Å². The van der Waals surface area contributed by atoms with Crippen molar-refractivity contribution < 1.29 is 0 Å². The van der Waals surface area contributed by atoms with E-state index in [0.29, 0.717) is 5.92 Å². The summed E-state index contributed by atoms with van der Waals surface area (Å²) in [5.41, 5.74) is 1.42. The van der Waals surface area contributed by atoms with Crippen molar-refractivity contribution in [1.82, 2.24) is 10.3 Å². The third-order valence-corrected chi connectivity index (χ3v) is 4.59. The van der Waals surface area contributed by atoms with Crippen molar-refractivity contribution in [2.24, 2.45) is 5.92 Å². The van der Waals surface area contributed by atoms with Gasteiger partial charge in [-0.3, -0.25) is 0 Å². The molecule has 3 heteroatoms. The molecule has 2 heterocycles. The van der Waals surface area contributed by atoms with E-state index in [9.17, 15) is 0 Å². The highest BCUT2D eigenvalue weighted by atomic mass is 32.1. The summed E-state index contributed by atoms with van der Waals surface area (Å²) in [5.74, 6) is 1.20. The average Bonchev–Trinajstić information content (AvgIpc) is 2.95. The van der Waals surface area contributed by atoms with Gasteiger partial charge in [-0.25, -0.2) is 4.98 Å². The molecule has 0 saturated carbocycles. The van der Waals surface area contributed by atoms with Gasteiger partial charge in [0.15, 0.2) is 0 Å². The molecule has 0 radical (unpaired) electrons. The van der Waals surface area contributed by atoms with E-state index < -0.39 is 0 Å². The number of hydrogen-bond donors (Lipinski definition) is 1. The molecule has 1 fully saturated rings. The Balaban J connectivity index is 1.93. The number of piperidine rings is 1. The number of hydrogen-bond acceptors (Lipinski definition) is 3. The second-order valence-corrected chi connectivity index (χ2v) is 5.77. The van der Waals surface area contributed by atoms with E-state index in [1.807, 2.05) is 6.20 Å². The van der Waals surface area contributed by atoms with Crippen LogP contribution in [0.5, 0.6) is 0 Å². The lowest BCUT2D eigenvalue weighted by molar-refractivity contribution is 0.342. The Bertz CT molecular complexity index is 461. The second-order valence-electron chi connectivity index (χ2n) is 4.85. The van der Waals surface area contributed by atoms with E-state index in [-0.39, 0.29) is 0 Å². The van der Waals surface area contributed by atoms with Crippen LogP contribution in [0.1, 0.15) is 29.3 Å². The summed E-state index contributed by atoms with van der Waals surface area (Å²) < 4.78 is 0. The molecule has 1 unspecified atom stereocenters. The molecule has 1 saturated heterocycles. The van der Waals surface area contributed by atoms with E-state index in [4.69, 9.17) is 0 Å². The first-order valence-corrected chi connectivity index (χ1v) is 7.48. The van der Waals surface area contributed by atoms with Crippen LogP contribution in [0, 0.1) is 5.92 Å². The molecular formula is C15H18N2S. The first-order valence-electron chi connectivity index (χ1n) is 6.60. The van der Waals surface area contributed by atoms with Gasteiger partial charge in [0.25, 0.3) is 0 Å². The average molecular weight is 258 g/mol. The fraction of sp³-hybridized carbons (Fsp3) is 0.400. The van der Waals surface area contributed by atoms with Crippen molar-refractivity contribution in [2.45, 2.75) is 18.8 Å². The molecular weight excluding hydrogens is 240 g/mol. The lowest BCUT2D eigenvalue weighted by Crippen LogP contribution is -2.31. The molecule has 1 aromatic carbocycles. The van der Waals surface area contributed by atoms with Crippen molar-refractivity contribution >= 4 is 11.3 Å². The summed E-state index contributed by atoms with van der Waals surface area (Å²) in [7, 11) is 0. The number of rotatable bonds is 3. The maximum Gasteiger partial charge on any atom is 0.100 e. The fourth-order valence-corrected chi connectivity index (χ4v) is 3.70. The van der Waals surface area contributed by atoms with Gasteiger partial charge in [0.1, 0.15) is 5.01 Å². The van der Waals surface area contributed by atoms with Crippen molar-refractivity contribution in [3.05, 3.63) is 52.5 Å². The SMILES string of the molecule is c1ccc(C(c2nccs2)C2CCNCC2)cc1. The summed E-state index contributed by atoms with van der Waals surface area (Å²) in [5, 5.41) is 6.81. The smallest absolute Gasteiger partial charge is 0.100 e. The molecule has 1 aliphatic rings. The lowest BCUT2D eigenvalue weighted by Gasteiger charge is -2.29. The minimum atomic E-state index is 0.480. The van der Waals surface area contributed by atoms with E-state index in [1.165, 1.54) is 23.4 Å². The Morgan fingerprint density at radius 3 is 2.61 bits per heavy atom. The number of thiazole rings is 1. The van der Waals surface area contributed by atoms with Crippen LogP contribution in [-0.2, 0) is 0 Å². The Hall–Kier alpha value is -1.19. The van der Waals surface area contributed by atoms with Crippen molar-refractivity contribution in [1.29, 1.82) is 0 Å². The molecule has 94 valence electrons. The summed E-state index contributed by atoms with van der Waals surface area (Å²) in [4.78, 5) is 4.57. The number of nitrogens with zero attached hydrogens (tertiary/aromatic N) is 1. The zero-order valence-electron chi connectivity index (χ0n) is 10.4. The first-order chi connectivity index (χ1) is 8.95. The Labute approximate surface area is 112 Å². The van der Waals surface area contributed by atoms with Crippen LogP contribution in [0.3, 0.4) is 0 Å². The topological polar surface area (TPSA) is 24.9 Å². The number of nitrogens with one attached hydrogen (secondary N) is 1. The molecule has 1 atom stereocenters. The monoisotopic (exact) mass is 258 g/mol. The van der Waals surface area contributed by atoms with Crippen molar-refractivity contribution in [3.8, 4) is 0 Å². The normalized spacial score (nSPS) is 18.7. The van der Waals surface area contributed by atoms with E-state index in [0.717, 1.165) is 19.0 Å². The predicted molar refractivity (Wildman–Crippen MR) is 76.0 cm³/mol. The molecule has 2 nitrogen and oxygen atoms in total. The summed E-state index contributed by atoms with van der Waals surface area (Å²) in [6.07, 6.45) is 4.43. The predicted octanol–water partition coefficient (Wildman–Crippen LogP) is 3.27. The van der Waals surface area contributed by atoms with Gasteiger partial charge in [0.05, 0.1) is 0 Å². The van der Waals surface area contributed by atoms with Gasteiger partial charge in [0, 0.05) is 17.5 Å². The largest absolute Gasteiger partial charge is 0.317 e. The number of aromatic nitrogens is 1. The van der Waals surface area contributed by atoms with Gasteiger partial charge in [-0.2, -0.15) is 0 Å². The highest BCUT2D eigenvalue weighted by molar-refractivity contribution is 7.09. The zero-order chi connectivity index (χ0) is 12.2. The molecule has 0 spiro atoms. The van der Waals surface area contributed by atoms with Gasteiger partial charge in [-0.1, -0.05) is 30.3 Å². The minimum Gasteiger partial charge on any atom is -0.317 e. The van der Waals surface area contributed by atoms with E-state index in [1.54, 1.807) is 11.3 Å². The van der Waals surface area contributed by atoms with E-state index in [2.05, 4.69) is 46.0 Å². The maximum absolute atomic E-state index is 4.57. The van der Waals surface area contributed by atoms with Crippen LogP contribution < -0.4 is 5.32 Å². The van der Waals surface area contributed by atoms with Gasteiger partial charge in [0.2, 0.25) is 0 Å². The second kappa shape index (κ2) is 5.63. The molecule has 1 aliphatic heterocycles. The highest BCUT2D eigenvalue weighted by Crippen LogP contribution is 2.37.